The zero-order chi connectivity index (χ0) is 17.8. The molecule has 1 aliphatic heterocycles. The lowest BCUT2D eigenvalue weighted by Crippen LogP contribution is -2.52. The first-order chi connectivity index (χ1) is 12.1. The summed E-state index contributed by atoms with van der Waals surface area (Å²) < 4.78 is 5.20. The number of benzene rings is 1. The molecule has 1 aliphatic rings. The van der Waals surface area contributed by atoms with Crippen molar-refractivity contribution in [1.82, 2.24) is 19.8 Å². The molecule has 0 radical (unpaired) electrons. The maximum absolute atomic E-state index is 12.9. The number of nitrogens with zero attached hydrogens (tertiary/aromatic N) is 4. The number of aromatic nitrogens is 2. The lowest BCUT2D eigenvalue weighted by atomic mass is 10.0. The third-order valence-corrected chi connectivity index (χ3v) is 4.37. The minimum absolute atomic E-state index is 0.00473. The van der Waals surface area contributed by atoms with E-state index in [9.17, 15) is 9.59 Å². The highest BCUT2D eigenvalue weighted by atomic mass is 16.5. The predicted molar refractivity (Wildman–Crippen MR) is 91.1 cm³/mol. The number of hydrogen-bond acceptors (Lipinski definition) is 5. The number of hydrogen-bond donors (Lipinski definition) is 0. The topological polar surface area (TPSA) is 75.6 Å². The fourth-order valence-electron chi connectivity index (χ4n) is 2.98. The number of carbonyl (C=O) groups is 2. The van der Waals surface area contributed by atoms with Crippen molar-refractivity contribution in [3.63, 3.8) is 0 Å². The molecule has 2 amide bonds. The summed E-state index contributed by atoms with van der Waals surface area (Å²) in [7, 11) is 1.61. The molecule has 0 N–H and O–H groups in total. The van der Waals surface area contributed by atoms with E-state index in [0.29, 0.717) is 25.3 Å². The van der Waals surface area contributed by atoms with Crippen LogP contribution in [0.3, 0.4) is 0 Å². The summed E-state index contributed by atoms with van der Waals surface area (Å²) in [5.41, 5.74) is 1.25. The Labute approximate surface area is 146 Å². The van der Waals surface area contributed by atoms with Gasteiger partial charge in [-0.25, -0.2) is 4.98 Å². The van der Waals surface area contributed by atoms with E-state index in [0.717, 1.165) is 11.3 Å². The first-order valence-corrected chi connectivity index (χ1v) is 8.06. The van der Waals surface area contributed by atoms with Gasteiger partial charge in [0.2, 0.25) is 5.91 Å². The van der Waals surface area contributed by atoms with E-state index in [1.54, 1.807) is 23.8 Å². The fourth-order valence-corrected chi connectivity index (χ4v) is 2.98. The molecule has 7 nitrogen and oxygen atoms in total. The molecule has 1 aromatic heterocycles. The van der Waals surface area contributed by atoms with E-state index in [-0.39, 0.29) is 17.9 Å². The minimum Gasteiger partial charge on any atom is -0.497 e. The number of rotatable bonds is 3. The van der Waals surface area contributed by atoms with Crippen molar-refractivity contribution in [3.05, 3.63) is 54.1 Å². The number of carbonyl (C=O) groups excluding carboxylic acids is 2. The van der Waals surface area contributed by atoms with Crippen LogP contribution in [0.1, 0.15) is 29.0 Å². The van der Waals surface area contributed by atoms with Crippen LogP contribution in [0.25, 0.3) is 0 Å². The molecule has 130 valence electrons. The largest absolute Gasteiger partial charge is 0.497 e. The molecule has 7 heteroatoms. The van der Waals surface area contributed by atoms with E-state index in [1.807, 2.05) is 24.3 Å². The summed E-state index contributed by atoms with van der Waals surface area (Å²) in [4.78, 5) is 36.3. The SMILES string of the molecule is COc1ccc([C@@H]2CN(C(C)=O)CCN2C(=O)c2cnccn2)cc1. The van der Waals surface area contributed by atoms with Crippen LogP contribution < -0.4 is 4.74 Å². The Morgan fingerprint density at radius 1 is 1.16 bits per heavy atom. The smallest absolute Gasteiger partial charge is 0.274 e. The molecule has 1 saturated heterocycles. The quantitative estimate of drug-likeness (QED) is 0.847. The van der Waals surface area contributed by atoms with Crippen molar-refractivity contribution < 1.29 is 14.3 Å². The van der Waals surface area contributed by atoms with Crippen LogP contribution >= 0.6 is 0 Å². The molecular weight excluding hydrogens is 320 g/mol. The van der Waals surface area contributed by atoms with Gasteiger partial charge in [-0.05, 0) is 17.7 Å². The van der Waals surface area contributed by atoms with Gasteiger partial charge in [-0.1, -0.05) is 12.1 Å². The van der Waals surface area contributed by atoms with Gasteiger partial charge in [0.15, 0.2) is 0 Å². The molecular formula is C18H20N4O3. The molecule has 3 rings (SSSR count). The van der Waals surface area contributed by atoms with Gasteiger partial charge in [-0.3, -0.25) is 14.6 Å². The monoisotopic (exact) mass is 340 g/mol. The molecule has 0 spiro atoms. The molecule has 0 aliphatic carbocycles. The van der Waals surface area contributed by atoms with E-state index in [2.05, 4.69) is 9.97 Å². The lowest BCUT2D eigenvalue weighted by Gasteiger charge is -2.41. The second kappa shape index (κ2) is 7.29. The predicted octanol–water partition coefficient (Wildman–Crippen LogP) is 1.53. The van der Waals surface area contributed by atoms with Gasteiger partial charge in [-0.2, -0.15) is 0 Å². The Morgan fingerprint density at radius 3 is 2.52 bits per heavy atom. The molecule has 0 saturated carbocycles. The average molecular weight is 340 g/mol. The second-order valence-corrected chi connectivity index (χ2v) is 5.84. The van der Waals surface area contributed by atoms with Crippen molar-refractivity contribution in [1.29, 1.82) is 0 Å². The summed E-state index contributed by atoms with van der Waals surface area (Å²) in [6.07, 6.45) is 4.50. The Kier molecular flexibility index (Phi) is 4.92. The van der Waals surface area contributed by atoms with Gasteiger partial charge in [0, 0.05) is 39.0 Å². The van der Waals surface area contributed by atoms with Gasteiger partial charge in [0.1, 0.15) is 11.4 Å². The van der Waals surface area contributed by atoms with Crippen molar-refractivity contribution in [2.45, 2.75) is 13.0 Å². The highest BCUT2D eigenvalue weighted by Crippen LogP contribution is 2.28. The summed E-state index contributed by atoms with van der Waals surface area (Å²) in [6.45, 7) is 2.96. The fraction of sp³-hybridized carbons (Fsp3) is 0.333. The molecule has 0 unspecified atom stereocenters. The molecule has 1 aromatic carbocycles. The maximum Gasteiger partial charge on any atom is 0.274 e. The second-order valence-electron chi connectivity index (χ2n) is 5.84. The zero-order valence-electron chi connectivity index (χ0n) is 14.3. The Balaban J connectivity index is 1.91. The van der Waals surface area contributed by atoms with Crippen LogP contribution in [0.5, 0.6) is 5.75 Å². The summed E-state index contributed by atoms with van der Waals surface area (Å²) in [6, 6.07) is 7.31. The Morgan fingerprint density at radius 2 is 1.92 bits per heavy atom. The average Bonchev–Trinajstić information content (AvgIpc) is 2.67. The molecule has 0 bridgehead atoms. The number of piperazine rings is 1. The van der Waals surface area contributed by atoms with Gasteiger partial charge < -0.3 is 14.5 Å². The van der Waals surface area contributed by atoms with Crippen molar-refractivity contribution >= 4 is 11.8 Å². The van der Waals surface area contributed by atoms with Crippen LogP contribution in [-0.2, 0) is 4.79 Å². The molecule has 1 fully saturated rings. The number of ether oxygens (including phenoxy) is 1. The van der Waals surface area contributed by atoms with Crippen LogP contribution in [0, 0.1) is 0 Å². The third kappa shape index (κ3) is 3.60. The van der Waals surface area contributed by atoms with Crippen molar-refractivity contribution in [3.8, 4) is 5.75 Å². The lowest BCUT2D eigenvalue weighted by molar-refractivity contribution is -0.131. The van der Waals surface area contributed by atoms with Crippen molar-refractivity contribution in [2.24, 2.45) is 0 Å². The van der Waals surface area contributed by atoms with Gasteiger partial charge in [-0.15, -0.1) is 0 Å². The van der Waals surface area contributed by atoms with Crippen LogP contribution in [0.2, 0.25) is 0 Å². The minimum atomic E-state index is -0.238. The highest BCUT2D eigenvalue weighted by Gasteiger charge is 2.33. The van der Waals surface area contributed by atoms with E-state index in [1.165, 1.54) is 18.6 Å². The van der Waals surface area contributed by atoms with Crippen LogP contribution in [0.4, 0.5) is 0 Å². The van der Waals surface area contributed by atoms with E-state index >= 15 is 0 Å². The highest BCUT2D eigenvalue weighted by molar-refractivity contribution is 5.92. The van der Waals surface area contributed by atoms with Crippen LogP contribution in [-0.4, -0.2) is 58.3 Å². The normalized spacial score (nSPS) is 17.3. The summed E-state index contributed by atoms with van der Waals surface area (Å²) in [5, 5.41) is 0. The van der Waals surface area contributed by atoms with E-state index < -0.39 is 0 Å². The number of amides is 2. The van der Waals surface area contributed by atoms with Gasteiger partial charge >= 0.3 is 0 Å². The number of methoxy groups -OCH3 is 1. The standard InChI is InChI=1S/C18H20N4O3/c1-13(23)21-9-10-22(18(24)16-11-19-7-8-20-16)17(12-21)14-3-5-15(25-2)6-4-14/h3-8,11,17H,9-10,12H2,1-2H3/t17-/m0/s1. The first-order valence-electron chi connectivity index (χ1n) is 8.06. The van der Waals surface area contributed by atoms with E-state index in [4.69, 9.17) is 4.74 Å². The van der Waals surface area contributed by atoms with Crippen LogP contribution in [0.15, 0.2) is 42.9 Å². The molecule has 2 aromatic rings. The third-order valence-electron chi connectivity index (χ3n) is 4.37. The van der Waals surface area contributed by atoms with Gasteiger partial charge in [0.25, 0.3) is 5.91 Å². The summed E-state index contributed by atoms with van der Waals surface area (Å²) in [5.74, 6) is 0.567. The van der Waals surface area contributed by atoms with Gasteiger partial charge in [0.05, 0.1) is 19.3 Å². The first kappa shape index (κ1) is 16.9. The van der Waals surface area contributed by atoms with Crippen molar-refractivity contribution in [2.75, 3.05) is 26.7 Å². The Hall–Kier alpha value is -2.96. The Bertz CT molecular complexity index is 749. The summed E-state index contributed by atoms with van der Waals surface area (Å²) >= 11 is 0. The zero-order valence-corrected chi connectivity index (χ0v) is 14.3. The molecule has 1 atom stereocenters. The molecule has 25 heavy (non-hydrogen) atoms. The maximum atomic E-state index is 12.9. The molecule has 2 heterocycles.